The number of hydrogen-bond donors (Lipinski definition) is 1. The Morgan fingerprint density at radius 3 is 2.52 bits per heavy atom. The van der Waals surface area contributed by atoms with E-state index >= 15 is 0 Å². The summed E-state index contributed by atoms with van der Waals surface area (Å²) in [6.07, 6.45) is 0.395. The number of halogens is 1. The van der Waals surface area contributed by atoms with E-state index in [4.69, 9.17) is 16.3 Å². The average molecular weight is 323 g/mol. The van der Waals surface area contributed by atoms with E-state index in [1.54, 1.807) is 19.2 Å². The Kier molecular flexibility index (Phi) is 5.53. The van der Waals surface area contributed by atoms with Crippen molar-refractivity contribution >= 4 is 29.3 Å². The fourth-order valence-electron chi connectivity index (χ4n) is 1.93. The monoisotopic (exact) mass is 322 g/mol. The first-order valence-electron chi connectivity index (χ1n) is 6.37. The topological polar surface area (TPSA) is 46.5 Å². The van der Waals surface area contributed by atoms with Crippen LogP contribution >= 0.6 is 23.4 Å². The molecule has 0 heterocycles. The van der Waals surface area contributed by atoms with Crippen LogP contribution in [0.5, 0.6) is 5.75 Å². The van der Waals surface area contributed by atoms with Crippen molar-refractivity contribution in [3.63, 3.8) is 0 Å². The average Bonchev–Trinajstić information content (AvgIpc) is 2.49. The van der Waals surface area contributed by atoms with Gasteiger partial charge in [-0.1, -0.05) is 29.8 Å². The van der Waals surface area contributed by atoms with Crippen molar-refractivity contribution in [2.75, 3.05) is 7.11 Å². The molecule has 0 bridgehead atoms. The van der Waals surface area contributed by atoms with Crippen LogP contribution in [0.15, 0.2) is 53.4 Å². The standard InChI is InChI=1S/C16H15ClO3S/c1-20-14-5-3-2-4-11(14)10-15(16(18)19)21-13-8-6-12(17)7-9-13/h2-9,15H,10H2,1H3,(H,18,19). The van der Waals surface area contributed by atoms with Crippen molar-refractivity contribution in [1.29, 1.82) is 0 Å². The molecule has 1 unspecified atom stereocenters. The molecule has 0 amide bonds. The first kappa shape index (κ1) is 15.7. The van der Waals surface area contributed by atoms with Crippen LogP contribution in [-0.2, 0) is 11.2 Å². The van der Waals surface area contributed by atoms with Gasteiger partial charge >= 0.3 is 5.97 Å². The molecule has 0 radical (unpaired) electrons. The highest BCUT2D eigenvalue weighted by atomic mass is 35.5. The molecule has 0 spiro atoms. The number of carbonyl (C=O) groups is 1. The van der Waals surface area contributed by atoms with Crippen LogP contribution in [0.25, 0.3) is 0 Å². The number of carboxylic acids is 1. The van der Waals surface area contributed by atoms with Gasteiger partial charge in [0.2, 0.25) is 0 Å². The number of methoxy groups -OCH3 is 1. The molecule has 0 fully saturated rings. The molecule has 110 valence electrons. The fraction of sp³-hybridized carbons (Fsp3) is 0.188. The van der Waals surface area contributed by atoms with Gasteiger partial charge in [0, 0.05) is 9.92 Å². The first-order valence-corrected chi connectivity index (χ1v) is 7.63. The second-order valence-electron chi connectivity index (χ2n) is 4.41. The van der Waals surface area contributed by atoms with Gasteiger partial charge in [-0.3, -0.25) is 4.79 Å². The lowest BCUT2D eigenvalue weighted by molar-refractivity contribution is -0.136. The van der Waals surface area contributed by atoms with Crippen LogP contribution in [0.2, 0.25) is 5.02 Å². The minimum atomic E-state index is -0.846. The van der Waals surface area contributed by atoms with E-state index < -0.39 is 11.2 Å². The summed E-state index contributed by atoms with van der Waals surface area (Å²) < 4.78 is 5.27. The first-order chi connectivity index (χ1) is 10.1. The minimum absolute atomic E-state index is 0.395. The maximum Gasteiger partial charge on any atom is 0.317 e. The summed E-state index contributed by atoms with van der Waals surface area (Å²) in [4.78, 5) is 12.4. The Hall–Kier alpha value is -1.65. The Morgan fingerprint density at radius 2 is 1.90 bits per heavy atom. The minimum Gasteiger partial charge on any atom is -0.496 e. The molecule has 2 rings (SSSR count). The number of rotatable bonds is 6. The zero-order valence-electron chi connectivity index (χ0n) is 11.5. The molecule has 0 saturated heterocycles. The van der Waals surface area contributed by atoms with Crippen LogP contribution in [0, 0.1) is 0 Å². The molecule has 1 atom stereocenters. The number of carboxylic acid groups (broad SMARTS) is 1. The summed E-state index contributed by atoms with van der Waals surface area (Å²) in [7, 11) is 1.58. The highest BCUT2D eigenvalue weighted by Gasteiger charge is 2.21. The molecule has 0 aliphatic rings. The lowest BCUT2D eigenvalue weighted by Gasteiger charge is -2.14. The van der Waals surface area contributed by atoms with E-state index in [-0.39, 0.29) is 0 Å². The molecule has 2 aromatic rings. The van der Waals surface area contributed by atoms with Gasteiger partial charge in [0.05, 0.1) is 7.11 Å². The van der Waals surface area contributed by atoms with Crippen LogP contribution in [0.4, 0.5) is 0 Å². The van der Waals surface area contributed by atoms with Crippen molar-refractivity contribution in [3.8, 4) is 5.75 Å². The highest BCUT2D eigenvalue weighted by Crippen LogP contribution is 2.29. The molecular formula is C16H15ClO3S. The van der Waals surface area contributed by atoms with Gasteiger partial charge in [-0.25, -0.2) is 0 Å². The normalized spacial score (nSPS) is 11.9. The van der Waals surface area contributed by atoms with Gasteiger partial charge in [-0.05, 0) is 42.3 Å². The van der Waals surface area contributed by atoms with Crippen molar-refractivity contribution < 1.29 is 14.6 Å². The van der Waals surface area contributed by atoms with Crippen LogP contribution in [0.1, 0.15) is 5.56 Å². The van der Waals surface area contributed by atoms with Crippen molar-refractivity contribution in [3.05, 3.63) is 59.1 Å². The van der Waals surface area contributed by atoms with Gasteiger partial charge in [0.1, 0.15) is 11.0 Å². The molecule has 2 aromatic carbocycles. The largest absolute Gasteiger partial charge is 0.496 e. The van der Waals surface area contributed by atoms with Gasteiger partial charge in [0.15, 0.2) is 0 Å². The summed E-state index contributed by atoms with van der Waals surface area (Å²) in [5.74, 6) is -0.138. The van der Waals surface area contributed by atoms with E-state index in [0.29, 0.717) is 17.2 Å². The Balaban J connectivity index is 2.16. The zero-order valence-corrected chi connectivity index (χ0v) is 13.0. The second kappa shape index (κ2) is 7.38. The highest BCUT2D eigenvalue weighted by molar-refractivity contribution is 8.00. The van der Waals surface area contributed by atoms with Crippen LogP contribution in [-0.4, -0.2) is 23.4 Å². The van der Waals surface area contributed by atoms with E-state index in [1.165, 1.54) is 11.8 Å². The maximum atomic E-state index is 11.5. The molecule has 1 N–H and O–H groups in total. The molecule has 0 saturated carbocycles. The van der Waals surface area contributed by atoms with Crippen LogP contribution < -0.4 is 4.74 Å². The van der Waals surface area contributed by atoms with E-state index in [0.717, 1.165) is 10.5 Å². The third-order valence-corrected chi connectivity index (χ3v) is 4.41. The molecule has 21 heavy (non-hydrogen) atoms. The summed E-state index contributed by atoms with van der Waals surface area (Å²) in [5, 5.41) is 9.48. The number of benzene rings is 2. The number of aliphatic carboxylic acids is 1. The quantitative estimate of drug-likeness (QED) is 0.812. The number of para-hydroxylation sites is 1. The summed E-state index contributed by atoms with van der Waals surface area (Å²) in [6.45, 7) is 0. The Labute approximate surface area is 132 Å². The summed E-state index contributed by atoms with van der Waals surface area (Å²) >= 11 is 7.14. The third-order valence-electron chi connectivity index (χ3n) is 2.97. The second-order valence-corrected chi connectivity index (χ2v) is 6.13. The Morgan fingerprint density at radius 1 is 1.24 bits per heavy atom. The van der Waals surface area contributed by atoms with E-state index in [2.05, 4.69) is 0 Å². The summed E-state index contributed by atoms with van der Waals surface area (Å²) in [5.41, 5.74) is 0.883. The van der Waals surface area contributed by atoms with Crippen LogP contribution in [0.3, 0.4) is 0 Å². The predicted molar refractivity (Wildman–Crippen MR) is 85.4 cm³/mol. The molecule has 0 aromatic heterocycles. The predicted octanol–water partition coefficient (Wildman–Crippen LogP) is 4.14. The number of thioether (sulfide) groups is 1. The zero-order chi connectivity index (χ0) is 15.2. The molecule has 3 nitrogen and oxygen atoms in total. The summed E-state index contributed by atoms with van der Waals surface area (Å²) in [6, 6.07) is 14.6. The van der Waals surface area contributed by atoms with Gasteiger partial charge in [0.25, 0.3) is 0 Å². The SMILES string of the molecule is COc1ccccc1CC(Sc1ccc(Cl)cc1)C(=O)O. The van der Waals surface area contributed by atoms with Crippen molar-refractivity contribution in [2.24, 2.45) is 0 Å². The lowest BCUT2D eigenvalue weighted by atomic mass is 10.1. The maximum absolute atomic E-state index is 11.5. The van der Waals surface area contributed by atoms with Crippen molar-refractivity contribution in [1.82, 2.24) is 0 Å². The van der Waals surface area contributed by atoms with E-state index in [9.17, 15) is 9.90 Å². The Bertz CT molecular complexity index is 613. The molecule has 0 aliphatic heterocycles. The third kappa shape index (κ3) is 4.41. The van der Waals surface area contributed by atoms with Crippen molar-refractivity contribution in [2.45, 2.75) is 16.6 Å². The fourth-order valence-corrected chi connectivity index (χ4v) is 3.04. The van der Waals surface area contributed by atoms with E-state index in [1.807, 2.05) is 36.4 Å². The van der Waals surface area contributed by atoms with Gasteiger partial charge in [-0.2, -0.15) is 0 Å². The number of ether oxygens (including phenoxy) is 1. The van der Waals surface area contributed by atoms with Gasteiger partial charge in [-0.15, -0.1) is 11.8 Å². The molecule has 5 heteroatoms. The number of hydrogen-bond acceptors (Lipinski definition) is 3. The smallest absolute Gasteiger partial charge is 0.317 e. The molecular weight excluding hydrogens is 308 g/mol. The lowest BCUT2D eigenvalue weighted by Crippen LogP contribution is -2.19. The van der Waals surface area contributed by atoms with Gasteiger partial charge < -0.3 is 9.84 Å². The molecule has 0 aliphatic carbocycles.